The number of carbonyl (C=O) groups is 1. The van der Waals surface area contributed by atoms with Gasteiger partial charge in [-0.1, -0.05) is 0 Å². The van der Waals surface area contributed by atoms with Crippen molar-refractivity contribution in [1.82, 2.24) is 15.2 Å². The molecule has 19 heavy (non-hydrogen) atoms. The zero-order valence-corrected chi connectivity index (χ0v) is 11.8. The summed E-state index contributed by atoms with van der Waals surface area (Å²) < 4.78 is 0. The second kappa shape index (κ2) is 6.02. The Balaban J connectivity index is 2.17. The van der Waals surface area contributed by atoms with Gasteiger partial charge in [-0.2, -0.15) is 0 Å². The molecule has 104 valence electrons. The van der Waals surface area contributed by atoms with Gasteiger partial charge in [-0.3, -0.25) is 4.79 Å². The van der Waals surface area contributed by atoms with Crippen molar-refractivity contribution in [2.24, 2.45) is 0 Å². The molecule has 0 saturated carbocycles. The Morgan fingerprint density at radius 2 is 2.37 bits per heavy atom. The summed E-state index contributed by atoms with van der Waals surface area (Å²) in [6.45, 7) is 5.92. The lowest BCUT2D eigenvalue weighted by Gasteiger charge is -2.25. The molecule has 0 aliphatic carbocycles. The Labute approximate surface area is 114 Å². The van der Waals surface area contributed by atoms with Gasteiger partial charge in [0.25, 0.3) is 5.91 Å². The number of pyridine rings is 1. The number of hydrogen-bond donors (Lipinski definition) is 2. The van der Waals surface area contributed by atoms with Crippen molar-refractivity contribution in [1.29, 1.82) is 0 Å². The number of aromatic nitrogens is 1. The van der Waals surface area contributed by atoms with Crippen molar-refractivity contribution in [3.05, 3.63) is 23.9 Å². The van der Waals surface area contributed by atoms with Crippen molar-refractivity contribution in [2.45, 2.75) is 32.4 Å². The van der Waals surface area contributed by atoms with Crippen LogP contribution in [0.4, 0.5) is 5.82 Å². The second-order valence-corrected chi connectivity index (χ2v) is 5.26. The first-order chi connectivity index (χ1) is 9.09. The zero-order valence-electron chi connectivity index (χ0n) is 11.8. The highest BCUT2D eigenvalue weighted by molar-refractivity contribution is 5.98. The molecule has 1 fully saturated rings. The van der Waals surface area contributed by atoms with E-state index in [1.54, 1.807) is 12.3 Å². The standard InChI is InChI=1S/C14H22N4O/c1-10(2)17-13-12(5-4-7-16-13)14(19)18(3)11-6-8-15-9-11/h4-5,7,10-11,15H,6,8-9H2,1-3H3,(H,16,17)/t11-/m1/s1. The van der Waals surface area contributed by atoms with Crippen molar-refractivity contribution in [3.8, 4) is 0 Å². The van der Waals surface area contributed by atoms with Gasteiger partial charge in [-0.05, 0) is 38.9 Å². The molecule has 5 nitrogen and oxygen atoms in total. The van der Waals surface area contributed by atoms with Gasteiger partial charge in [0.1, 0.15) is 5.82 Å². The average molecular weight is 262 g/mol. The van der Waals surface area contributed by atoms with E-state index in [4.69, 9.17) is 0 Å². The second-order valence-electron chi connectivity index (χ2n) is 5.26. The van der Waals surface area contributed by atoms with E-state index in [9.17, 15) is 4.79 Å². The van der Waals surface area contributed by atoms with Crippen LogP contribution in [-0.2, 0) is 0 Å². The molecule has 1 saturated heterocycles. The number of likely N-dealkylation sites (N-methyl/N-ethyl adjacent to an activating group) is 1. The SMILES string of the molecule is CC(C)Nc1ncccc1C(=O)N(C)[C@@H]1CCNC1. The summed E-state index contributed by atoms with van der Waals surface area (Å²) in [4.78, 5) is 18.6. The lowest BCUT2D eigenvalue weighted by atomic mass is 10.1. The minimum atomic E-state index is 0.0324. The van der Waals surface area contributed by atoms with Crippen molar-refractivity contribution in [2.75, 3.05) is 25.5 Å². The lowest BCUT2D eigenvalue weighted by molar-refractivity contribution is 0.0744. The van der Waals surface area contributed by atoms with E-state index in [0.717, 1.165) is 19.5 Å². The maximum atomic E-state index is 12.6. The lowest BCUT2D eigenvalue weighted by Crippen LogP contribution is -2.38. The summed E-state index contributed by atoms with van der Waals surface area (Å²) in [5.41, 5.74) is 0.644. The molecule has 0 bridgehead atoms. The van der Waals surface area contributed by atoms with Gasteiger partial charge in [-0.25, -0.2) is 4.98 Å². The Hall–Kier alpha value is -1.62. The Morgan fingerprint density at radius 3 is 3.00 bits per heavy atom. The average Bonchev–Trinajstić information content (AvgIpc) is 2.91. The summed E-state index contributed by atoms with van der Waals surface area (Å²) in [7, 11) is 1.87. The zero-order chi connectivity index (χ0) is 13.8. The topological polar surface area (TPSA) is 57.3 Å². The van der Waals surface area contributed by atoms with Crippen LogP contribution in [0.5, 0.6) is 0 Å². The van der Waals surface area contributed by atoms with Gasteiger partial charge in [-0.15, -0.1) is 0 Å². The Kier molecular flexibility index (Phi) is 4.37. The van der Waals surface area contributed by atoms with E-state index in [1.165, 1.54) is 0 Å². The number of hydrogen-bond acceptors (Lipinski definition) is 4. The molecule has 0 aromatic carbocycles. The number of nitrogens with one attached hydrogen (secondary N) is 2. The summed E-state index contributed by atoms with van der Waals surface area (Å²) >= 11 is 0. The highest BCUT2D eigenvalue weighted by atomic mass is 16.2. The maximum Gasteiger partial charge on any atom is 0.257 e. The van der Waals surface area contributed by atoms with Crippen LogP contribution in [0.3, 0.4) is 0 Å². The number of rotatable bonds is 4. The van der Waals surface area contributed by atoms with Gasteiger partial charge in [0.15, 0.2) is 0 Å². The normalized spacial score (nSPS) is 18.6. The van der Waals surface area contributed by atoms with Crippen molar-refractivity contribution >= 4 is 11.7 Å². The van der Waals surface area contributed by atoms with E-state index in [1.807, 2.05) is 31.9 Å². The molecule has 0 unspecified atom stereocenters. The molecular weight excluding hydrogens is 240 g/mol. The smallest absolute Gasteiger partial charge is 0.257 e. The van der Waals surface area contributed by atoms with Gasteiger partial charge >= 0.3 is 0 Å². The van der Waals surface area contributed by atoms with Gasteiger partial charge in [0, 0.05) is 31.9 Å². The third-order valence-electron chi connectivity index (χ3n) is 3.37. The van der Waals surface area contributed by atoms with E-state index >= 15 is 0 Å². The fraction of sp³-hybridized carbons (Fsp3) is 0.571. The molecule has 1 aliphatic heterocycles. The first-order valence-corrected chi connectivity index (χ1v) is 6.79. The fourth-order valence-corrected chi connectivity index (χ4v) is 2.29. The Bertz CT molecular complexity index is 441. The third-order valence-corrected chi connectivity index (χ3v) is 3.37. The predicted octanol–water partition coefficient (Wildman–Crippen LogP) is 1.34. The maximum absolute atomic E-state index is 12.6. The van der Waals surface area contributed by atoms with Crippen LogP contribution in [0, 0.1) is 0 Å². The van der Waals surface area contributed by atoms with Crippen LogP contribution < -0.4 is 10.6 Å². The number of amides is 1. The summed E-state index contributed by atoms with van der Waals surface area (Å²) in [6, 6.07) is 4.16. The molecule has 1 aromatic rings. The van der Waals surface area contributed by atoms with Crippen molar-refractivity contribution < 1.29 is 4.79 Å². The van der Waals surface area contributed by atoms with E-state index < -0.39 is 0 Å². The minimum Gasteiger partial charge on any atom is -0.367 e. The highest BCUT2D eigenvalue weighted by Crippen LogP contribution is 2.17. The molecular formula is C14H22N4O. The van der Waals surface area contributed by atoms with Crippen LogP contribution in [0.2, 0.25) is 0 Å². The highest BCUT2D eigenvalue weighted by Gasteiger charge is 2.25. The van der Waals surface area contributed by atoms with E-state index in [-0.39, 0.29) is 18.0 Å². The summed E-state index contributed by atoms with van der Waals surface area (Å²) in [5, 5.41) is 6.51. The number of carbonyl (C=O) groups excluding carboxylic acids is 1. The predicted molar refractivity (Wildman–Crippen MR) is 76.4 cm³/mol. The van der Waals surface area contributed by atoms with Gasteiger partial charge in [0.05, 0.1) is 5.56 Å². The molecule has 0 radical (unpaired) electrons. The van der Waals surface area contributed by atoms with Crippen LogP contribution in [0.15, 0.2) is 18.3 Å². The molecule has 1 amide bonds. The molecule has 1 atom stereocenters. The molecule has 2 N–H and O–H groups in total. The van der Waals surface area contributed by atoms with Crippen molar-refractivity contribution in [3.63, 3.8) is 0 Å². The third kappa shape index (κ3) is 3.23. The van der Waals surface area contributed by atoms with Crippen LogP contribution >= 0.6 is 0 Å². The fourth-order valence-electron chi connectivity index (χ4n) is 2.29. The van der Waals surface area contributed by atoms with Crippen LogP contribution in [0.1, 0.15) is 30.6 Å². The molecule has 5 heteroatoms. The molecule has 2 heterocycles. The monoisotopic (exact) mass is 262 g/mol. The van der Waals surface area contributed by atoms with Crippen LogP contribution in [-0.4, -0.2) is 48.0 Å². The molecule has 2 rings (SSSR count). The quantitative estimate of drug-likeness (QED) is 0.859. The van der Waals surface area contributed by atoms with Gasteiger partial charge < -0.3 is 15.5 Å². The molecule has 1 aromatic heterocycles. The minimum absolute atomic E-state index is 0.0324. The number of nitrogens with zero attached hydrogens (tertiary/aromatic N) is 2. The first-order valence-electron chi connectivity index (χ1n) is 6.79. The van der Waals surface area contributed by atoms with E-state index in [0.29, 0.717) is 11.4 Å². The summed E-state index contributed by atoms with van der Waals surface area (Å²) in [6.07, 6.45) is 2.72. The summed E-state index contributed by atoms with van der Waals surface area (Å²) in [5.74, 6) is 0.699. The Morgan fingerprint density at radius 1 is 1.58 bits per heavy atom. The first kappa shape index (κ1) is 13.8. The van der Waals surface area contributed by atoms with Crippen LogP contribution in [0.25, 0.3) is 0 Å². The van der Waals surface area contributed by atoms with Gasteiger partial charge in [0.2, 0.25) is 0 Å². The molecule has 1 aliphatic rings. The largest absolute Gasteiger partial charge is 0.367 e. The van der Waals surface area contributed by atoms with E-state index in [2.05, 4.69) is 15.6 Å². The number of anilines is 1. The molecule has 0 spiro atoms.